The number of carbonyl (C=O) groups is 2. The van der Waals surface area contributed by atoms with Crippen molar-refractivity contribution >= 4 is 44.1 Å². The van der Waals surface area contributed by atoms with Crippen molar-refractivity contribution in [2.45, 2.75) is 11.3 Å². The van der Waals surface area contributed by atoms with Crippen molar-refractivity contribution in [2.24, 2.45) is 0 Å². The lowest BCUT2D eigenvalue weighted by Gasteiger charge is -2.14. The molecule has 2 aromatic carbocycles. The number of esters is 1. The highest BCUT2D eigenvalue weighted by Gasteiger charge is 2.26. The average Bonchev–Trinajstić information content (AvgIpc) is 3.27. The fraction of sp³-hybridized carbons (Fsp3) is 0.200. The van der Waals surface area contributed by atoms with E-state index in [-0.39, 0.29) is 27.9 Å². The number of hydrogen-bond acceptors (Lipinski definition) is 10. The predicted molar refractivity (Wildman–Crippen MR) is 121 cm³/mol. The summed E-state index contributed by atoms with van der Waals surface area (Å²) >= 11 is 0.647. The zero-order valence-electron chi connectivity index (χ0n) is 18.0. The average molecular weight is 493 g/mol. The van der Waals surface area contributed by atoms with Crippen LogP contribution in [0.1, 0.15) is 26.3 Å². The van der Waals surface area contributed by atoms with Gasteiger partial charge in [-0.2, -0.15) is 8.42 Å². The molecule has 1 amide bonds. The van der Waals surface area contributed by atoms with E-state index in [1.54, 1.807) is 18.2 Å². The van der Waals surface area contributed by atoms with E-state index in [9.17, 15) is 18.0 Å². The Kier molecular flexibility index (Phi) is 7.13. The summed E-state index contributed by atoms with van der Waals surface area (Å²) in [5.74, 6) is -0.860. The van der Waals surface area contributed by atoms with Crippen molar-refractivity contribution in [3.8, 4) is 11.5 Å². The van der Waals surface area contributed by atoms with Gasteiger partial charge in [0.05, 0.1) is 32.6 Å². The molecule has 33 heavy (non-hydrogen) atoms. The van der Waals surface area contributed by atoms with Gasteiger partial charge < -0.3 is 14.2 Å². The molecule has 3 rings (SSSR count). The molecule has 0 saturated carbocycles. The van der Waals surface area contributed by atoms with E-state index in [4.69, 9.17) is 14.2 Å². The van der Waals surface area contributed by atoms with E-state index in [1.165, 1.54) is 26.4 Å². The highest BCUT2D eigenvalue weighted by atomic mass is 32.2. The minimum atomic E-state index is -4.27. The number of amides is 1. The van der Waals surface area contributed by atoms with Crippen LogP contribution in [-0.4, -0.2) is 51.8 Å². The lowest BCUT2D eigenvalue weighted by molar-refractivity contribution is 0.0601. The summed E-state index contributed by atoms with van der Waals surface area (Å²) in [5.41, 5.74) is 1.07. The maximum atomic E-state index is 12.9. The van der Waals surface area contributed by atoms with Gasteiger partial charge in [-0.15, -0.1) is 10.2 Å². The van der Waals surface area contributed by atoms with Gasteiger partial charge in [0.25, 0.3) is 20.3 Å². The Morgan fingerprint density at radius 2 is 1.70 bits per heavy atom. The van der Waals surface area contributed by atoms with Gasteiger partial charge in [-0.25, -0.2) is 4.79 Å². The zero-order chi connectivity index (χ0) is 24.2. The number of sulfonamides is 1. The Morgan fingerprint density at radius 3 is 2.33 bits per heavy atom. The number of carbonyl (C=O) groups excluding carboxylic acids is 2. The van der Waals surface area contributed by atoms with E-state index in [2.05, 4.69) is 20.2 Å². The summed E-state index contributed by atoms with van der Waals surface area (Å²) in [4.78, 5) is 24.6. The van der Waals surface area contributed by atoms with Crippen LogP contribution < -0.4 is 19.5 Å². The van der Waals surface area contributed by atoms with Crippen LogP contribution in [0.15, 0.2) is 40.7 Å². The molecule has 0 spiro atoms. The van der Waals surface area contributed by atoms with Gasteiger partial charge in [-0.1, -0.05) is 29.0 Å². The molecular weight excluding hydrogens is 472 g/mol. The number of ether oxygens (including phenoxy) is 3. The molecule has 13 heteroatoms. The third-order valence-electron chi connectivity index (χ3n) is 4.31. The molecule has 0 saturated heterocycles. The quantitative estimate of drug-likeness (QED) is 0.358. The second-order valence-electron chi connectivity index (χ2n) is 6.55. The van der Waals surface area contributed by atoms with Crippen LogP contribution in [-0.2, 0) is 14.8 Å². The molecule has 174 valence electrons. The number of rotatable bonds is 8. The third-order valence-corrected chi connectivity index (χ3v) is 6.88. The molecular formula is C20H20N4O7S2. The number of aryl methyl sites for hydroxylation is 1. The number of nitrogens with zero attached hydrogens (tertiary/aromatic N) is 2. The Labute approximate surface area is 193 Å². The largest absolute Gasteiger partial charge is 0.493 e. The summed E-state index contributed by atoms with van der Waals surface area (Å²) in [6.45, 7) is 1.84. The molecule has 0 radical (unpaired) electrons. The summed E-state index contributed by atoms with van der Waals surface area (Å²) < 4.78 is 42.7. The first-order chi connectivity index (χ1) is 15.7. The monoisotopic (exact) mass is 492 g/mol. The minimum absolute atomic E-state index is 0.0117. The number of benzene rings is 2. The SMILES string of the molecule is COC(=O)c1cc(OC)c(OC)cc1NS(=O)(=O)c1nnc(NC(=O)c2cccc(C)c2)s1. The van der Waals surface area contributed by atoms with E-state index < -0.39 is 26.2 Å². The lowest BCUT2D eigenvalue weighted by atomic mass is 10.1. The molecule has 2 N–H and O–H groups in total. The van der Waals surface area contributed by atoms with Crippen LogP contribution in [0, 0.1) is 6.92 Å². The van der Waals surface area contributed by atoms with E-state index in [1.807, 2.05) is 13.0 Å². The van der Waals surface area contributed by atoms with Gasteiger partial charge in [0.2, 0.25) is 5.13 Å². The molecule has 0 bridgehead atoms. The Hall–Kier alpha value is -3.71. The van der Waals surface area contributed by atoms with Crippen molar-refractivity contribution in [1.82, 2.24) is 10.2 Å². The molecule has 0 fully saturated rings. The molecule has 0 aliphatic rings. The summed E-state index contributed by atoms with van der Waals surface area (Å²) in [6.07, 6.45) is 0. The Bertz CT molecular complexity index is 1310. The normalized spacial score (nSPS) is 10.9. The molecule has 3 aromatic rings. The van der Waals surface area contributed by atoms with Crippen LogP contribution in [0.25, 0.3) is 0 Å². The fourth-order valence-corrected chi connectivity index (χ4v) is 4.72. The maximum Gasteiger partial charge on any atom is 0.340 e. The van der Waals surface area contributed by atoms with Crippen LogP contribution in [0.2, 0.25) is 0 Å². The van der Waals surface area contributed by atoms with Crippen LogP contribution in [0.3, 0.4) is 0 Å². The first-order valence-corrected chi connectivity index (χ1v) is 11.6. The zero-order valence-corrected chi connectivity index (χ0v) is 19.7. The molecule has 0 atom stereocenters. The van der Waals surface area contributed by atoms with Crippen molar-refractivity contribution < 1.29 is 32.2 Å². The van der Waals surface area contributed by atoms with Crippen LogP contribution in [0.4, 0.5) is 10.8 Å². The summed E-state index contributed by atoms with van der Waals surface area (Å²) in [6, 6.07) is 9.44. The molecule has 1 heterocycles. The van der Waals surface area contributed by atoms with Gasteiger partial charge in [-0.3, -0.25) is 14.8 Å². The van der Waals surface area contributed by atoms with Gasteiger partial charge in [0.15, 0.2) is 11.5 Å². The number of aromatic nitrogens is 2. The summed E-state index contributed by atoms with van der Waals surface area (Å²) in [7, 11) is -0.376. The summed E-state index contributed by atoms with van der Waals surface area (Å²) in [5, 5.41) is 9.88. The van der Waals surface area contributed by atoms with E-state index in [0.717, 1.165) is 12.7 Å². The number of methoxy groups -OCH3 is 3. The second kappa shape index (κ2) is 9.83. The molecule has 11 nitrogen and oxygen atoms in total. The van der Waals surface area contributed by atoms with Gasteiger partial charge in [-0.05, 0) is 19.1 Å². The molecule has 0 unspecified atom stereocenters. The molecule has 1 aromatic heterocycles. The minimum Gasteiger partial charge on any atom is -0.493 e. The first kappa shape index (κ1) is 23.9. The first-order valence-electron chi connectivity index (χ1n) is 9.27. The Morgan fingerprint density at radius 1 is 1.00 bits per heavy atom. The van der Waals surface area contributed by atoms with Crippen molar-refractivity contribution in [1.29, 1.82) is 0 Å². The third kappa shape index (κ3) is 5.38. The van der Waals surface area contributed by atoms with E-state index in [0.29, 0.717) is 16.9 Å². The maximum absolute atomic E-state index is 12.9. The van der Waals surface area contributed by atoms with Gasteiger partial charge in [0, 0.05) is 17.7 Å². The van der Waals surface area contributed by atoms with Crippen molar-refractivity contribution in [2.75, 3.05) is 31.4 Å². The van der Waals surface area contributed by atoms with Gasteiger partial charge in [0.1, 0.15) is 0 Å². The molecule has 0 aliphatic heterocycles. The highest BCUT2D eigenvalue weighted by Crippen LogP contribution is 2.35. The number of anilines is 2. The smallest absolute Gasteiger partial charge is 0.340 e. The van der Waals surface area contributed by atoms with E-state index >= 15 is 0 Å². The van der Waals surface area contributed by atoms with Crippen molar-refractivity contribution in [3.63, 3.8) is 0 Å². The standard InChI is InChI=1S/C20H20N4O7S2/c1-11-6-5-7-12(8-11)17(25)21-19-22-23-20(32-19)33(27,28)24-14-10-16(30-3)15(29-2)9-13(14)18(26)31-4/h5-10,24H,1-4H3,(H,21,22,25). The predicted octanol–water partition coefficient (Wildman–Crippen LogP) is 2.70. The van der Waals surface area contributed by atoms with Crippen molar-refractivity contribution in [3.05, 3.63) is 53.1 Å². The topological polar surface area (TPSA) is 146 Å². The Balaban J connectivity index is 1.88. The number of hydrogen-bond donors (Lipinski definition) is 2. The second-order valence-corrected chi connectivity index (χ2v) is 9.38. The highest BCUT2D eigenvalue weighted by molar-refractivity contribution is 7.94. The number of nitrogens with one attached hydrogen (secondary N) is 2. The fourth-order valence-electron chi connectivity index (χ4n) is 2.76. The van der Waals surface area contributed by atoms with Crippen LogP contribution in [0.5, 0.6) is 11.5 Å². The van der Waals surface area contributed by atoms with Crippen LogP contribution >= 0.6 is 11.3 Å². The molecule has 0 aliphatic carbocycles. The lowest BCUT2D eigenvalue weighted by Crippen LogP contribution is -2.16. The van der Waals surface area contributed by atoms with Gasteiger partial charge >= 0.3 is 5.97 Å².